The fraction of sp³-hybridized carbons (Fsp3) is 0.909. The van der Waals surface area contributed by atoms with E-state index >= 15 is 0 Å². The Morgan fingerprint density at radius 3 is 2.88 bits per heavy atom. The first kappa shape index (κ1) is 13.4. The zero-order chi connectivity index (χ0) is 12.0. The highest BCUT2D eigenvalue weighted by Crippen LogP contribution is 2.15. The van der Waals surface area contributed by atoms with Gasteiger partial charge in [0.1, 0.15) is 0 Å². The van der Waals surface area contributed by atoms with Crippen LogP contribution in [0.5, 0.6) is 0 Å². The average Bonchev–Trinajstić information content (AvgIpc) is 2.24. The van der Waals surface area contributed by atoms with E-state index in [0.29, 0.717) is 26.2 Å². The van der Waals surface area contributed by atoms with Crippen LogP contribution in [0.25, 0.3) is 0 Å². The Hall–Kier alpha value is -0.650. The lowest BCUT2D eigenvalue weighted by Crippen LogP contribution is -2.51. The van der Waals surface area contributed by atoms with Gasteiger partial charge in [-0.2, -0.15) is 0 Å². The number of nitrogens with zero attached hydrogens (tertiary/aromatic N) is 1. The summed E-state index contributed by atoms with van der Waals surface area (Å²) in [6.45, 7) is 3.73. The molecular weight excluding hydrogens is 210 g/mol. The number of aliphatic hydroxyl groups is 1. The van der Waals surface area contributed by atoms with Crippen molar-refractivity contribution in [2.75, 3.05) is 26.3 Å². The van der Waals surface area contributed by atoms with Gasteiger partial charge in [0.05, 0.1) is 25.3 Å². The van der Waals surface area contributed by atoms with E-state index in [1.54, 1.807) is 0 Å². The summed E-state index contributed by atoms with van der Waals surface area (Å²) in [5.41, 5.74) is 0. The van der Waals surface area contributed by atoms with Crippen molar-refractivity contribution in [3.05, 3.63) is 0 Å². The van der Waals surface area contributed by atoms with Crippen LogP contribution in [-0.2, 0) is 9.53 Å². The molecule has 1 rings (SSSR count). The monoisotopic (exact) mass is 231 g/mol. The first-order chi connectivity index (χ1) is 7.65. The van der Waals surface area contributed by atoms with Crippen LogP contribution in [0.4, 0.5) is 0 Å². The topological polar surface area (TPSA) is 70.0 Å². The van der Waals surface area contributed by atoms with Crippen molar-refractivity contribution < 1.29 is 19.7 Å². The minimum absolute atomic E-state index is 0.0227. The van der Waals surface area contributed by atoms with E-state index in [4.69, 9.17) is 9.84 Å². The summed E-state index contributed by atoms with van der Waals surface area (Å²) >= 11 is 0. The van der Waals surface area contributed by atoms with Gasteiger partial charge in [-0.05, 0) is 19.4 Å². The Kier molecular flexibility index (Phi) is 5.73. The predicted octanol–water partition coefficient (Wildman–Crippen LogP) is 0.323. The standard InChI is InChI=1S/C11H21NO4/c1-2-3-5-12(7-11(14)15)9-8-16-6-4-10(9)13/h9-10,13H,2-8H2,1H3,(H,14,15). The molecule has 2 N–H and O–H groups in total. The van der Waals surface area contributed by atoms with E-state index in [1.165, 1.54) is 0 Å². The molecule has 0 aromatic rings. The summed E-state index contributed by atoms with van der Waals surface area (Å²) in [7, 11) is 0. The largest absolute Gasteiger partial charge is 0.480 e. The molecule has 0 amide bonds. The molecule has 94 valence electrons. The smallest absolute Gasteiger partial charge is 0.317 e. The van der Waals surface area contributed by atoms with Crippen LogP contribution in [-0.4, -0.2) is 59.5 Å². The minimum atomic E-state index is -0.853. The summed E-state index contributed by atoms with van der Waals surface area (Å²) in [6, 6.07) is -0.170. The first-order valence-corrected chi connectivity index (χ1v) is 5.86. The SMILES string of the molecule is CCCCN(CC(=O)O)C1COCCC1O. The molecule has 0 spiro atoms. The van der Waals surface area contributed by atoms with E-state index in [2.05, 4.69) is 6.92 Å². The number of carboxylic acids is 1. The molecule has 0 radical (unpaired) electrons. The summed E-state index contributed by atoms with van der Waals surface area (Å²) < 4.78 is 5.30. The van der Waals surface area contributed by atoms with Crippen molar-refractivity contribution in [2.24, 2.45) is 0 Å². The normalized spacial score (nSPS) is 25.9. The third-order valence-electron chi connectivity index (χ3n) is 2.90. The van der Waals surface area contributed by atoms with Gasteiger partial charge in [-0.1, -0.05) is 13.3 Å². The number of carboxylic acid groups (broad SMARTS) is 1. The Balaban J connectivity index is 2.54. The second kappa shape index (κ2) is 6.83. The van der Waals surface area contributed by atoms with Crippen LogP contribution in [0.1, 0.15) is 26.2 Å². The number of aliphatic carboxylic acids is 1. The number of aliphatic hydroxyl groups excluding tert-OH is 1. The highest BCUT2D eigenvalue weighted by atomic mass is 16.5. The van der Waals surface area contributed by atoms with Crippen LogP contribution in [0.15, 0.2) is 0 Å². The van der Waals surface area contributed by atoms with Crippen molar-refractivity contribution in [3.63, 3.8) is 0 Å². The molecule has 1 fully saturated rings. The molecular formula is C11H21NO4. The zero-order valence-corrected chi connectivity index (χ0v) is 9.76. The molecule has 0 aromatic heterocycles. The third-order valence-corrected chi connectivity index (χ3v) is 2.90. The number of rotatable bonds is 6. The number of carbonyl (C=O) groups is 1. The van der Waals surface area contributed by atoms with E-state index in [-0.39, 0.29) is 12.6 Å². The Morgan fingerprint density at radius 1 is 1.56 bits per heavy atom. The van der Waals surface area contributed by atoms with Gasteiger partial charge in [0.2, 0.25) is 0 Å². The molecule has 1 heterocycles. The lowest BCUT2D eigenvalue weighted by Gasteiger charge is -2.36. The molecule has 1 saturated heterocycles. The van der Waals surface area contributed by atoms with E-state index < -0.39 is 12.1 Å². The van der Waals surface area contributed by atoms with Crippen molar-refractivity contribution in [3.8, 4) is 0 Å². The predicted molar refractivity (Wildman–Crippen MR) is 59.3 cm³/mol. The van der Waals surface area contributed by atoms with Crippen molar-refractivity contribution in [2.45, 2.75) is 38.3 Å². The van der Waals surface area contributed by atoms with Gasteiger partial charge in [0.15, 0.2) is 0 Å². The third kappa shape index (κ3) is 4.08. The number of hydrogen-bond acceptors (Lipinski definition) is 4. The van der Waals surface area contributed by atoms with Gasteiger partial charge in [0, 0.05) is 6.61 Å². The second-order valence-electron chi connectivity index (χ2n) is 4.22. The van der Waals surface area contributed by atoms with Gasteiger partial charge in [-0.25, -0.2) is 0 Å². The quantitative estimate of drug-likeness (QED) is 0.689. The Bertz CT molecular complexity index is 222. The highest BCUT2D eigenvalue weighted by Gasteiger charge is 2.30. The molecule has 0 bridgehead atoms. The number of ether oxygens (including phenoxy) is 1. The molecule has 5 heteroatoms. The van der Waals surface area contributed by atoms with Crippen LogP contribution in [0.2, 0.25) is 0 Å². The first-order valence-electron chi connectivity index (χ1n) is 5.86. The molecule has 2 unspecified atom stereocenters. The van der Waals surface area contributed by atoms with Gasteiger partial charge < -0.3 is 14.9 Å². The maximum absolute atomic E-state index is 10.8. The molecule has 0 aliphatic carbocycles. The van der Waals surface area contributed by atoms with Crippen LogP contribution < -0.4 is 0 Å². The summed E-state index contributed by atoms with van der Waals surface area (Å²) in [6.07, 6.45) is 2.08. The van der Waals surface area contributed by atoms with Gasteiger partial charge in [-0.3, -0.25) is 9.69 Å². The summed E-state index contributed by atoms with van der Waals surface area (Å²) in [5, 5.41) is 18.7. The molecule has 1 aliphatic heterocycles. The fourth-order valence-electron chi connectivity index (χ4n) is 1.96. The van der Waals surface area contributed by atoms with Gasteiger partial charge in [0.25, 0.3) is 0 Å². The minimum Gasteiger partial charge on any atom is -0.480 e. The van der Waals surface area contributed by atoms with Gasteiger partial charge in [-0.15, -0.1) is 0 Å². The summed E-state index contributed by atoms with van der Waals surface area (Å²) in [4.78, 5) is 12.6. The molecule has 0 aromatic carbocycles. The van der Waals surface area contributed by atoms with E-state index in [0.717, 1.165) is 12.8 Å². The Morgan fingerprint density at radius 2 is 2.31 bits per heavy atom. The van der Waals surface area contributed by atoms with Crippen LogP contribution in [0.3, 0.4) is 0 Å². The maximum Gasteiger partial charge on any atom is 0.317 e. The van der Waals surface area contributed by atoms with Crippen LogP contribution >= 0.6 is 0 Å². The maximum atomic E-state index is 10.8. The van der Waals surface area contributed by atoms with Crippen molar-refractivity contribution in [1.82, 2.24) is 4.90 Å². The zero-order valence-electron chi connectivity index (χ0n) is 9.76. The number of unbranched alkanes of at least 4 members (excludes halogenated alkanes) is 1. The molecule has 0 saturated carbocycles. The molecule has 2 atom stereocenters. The molecule has 1 aliphatic rings. The fourth-order valence-corrected chi connectivity index (χ4v) is 1.96. The molecule has 5 nitrogen and oxygen atoms in total. The van der Waals surface area contributed by atoms with Crippen molar-refractivity contribution >= 4 is 5.97 Å². The highest BCUT2D eigenvalue weighted by molar-refractivity contribution is 5.69. The van der Waals surface area contributed by atoms with E-state index in [9.17, 15) is 9.90 Å². The molecule has 16 heavy (non-hydrogen) atoms. The van der Waals surface area contributed by atoms with Crippen LogP contribution in [0, 0.1) is 0 Å². The average molecular weight is 231 g/mol. The van der Waals surface area contributed by atoms with Crippen molar-refractivity contribution in [1.29, 1.82) is 0 Å². The van der Waals surface area contributed by atoms with E-state index in [1.807, 2.05) is 4.90 Å². The Labute approximate surface area is 96.0 Å². The lowest BCUT2D eigenvalue weighted by molar-refractivity contribution is -0.141. The lowest BCUT2D eigenvalue weighted by atomic mass is 10.0. The summed E-state index contributed by atoms with van der Waals surface area (Å²) in [5.74, 6) is -0.853. The van der Waals surface area contributed by atoms with Gasteiger partial charge >= 0.3 is 5.97 Å². The number of hydrogen-bond donors (Lipinski definition) is 2. The second-order valence-corrected chi connectivity index (χ2v) is 4.22.